The number of fused-ring (bicyclic) bond motifs is 1. The predicted octanol–water partition coefficient (Wildman–Crippen LogP) is 3.14. The van der Waals surface area contributed by atoms with Crippen LogP contribution in [0.1, 0.15) is 24.3 Å². The molecule has 1 saturated carbocycles. The Balaban J connectivity index is 1.83. The van der Waals surface area contributed by atoms with E-state index in [0.29, 0.717) is 25.2 Å². The Labute approximate surface area is 150 Å². The predicted molar refractivity (Wildman–Crippen MR) is 104 cm³/mol. The van der Waals surface area contributed by atoms with Crippen LogP contribution in [-0.2, 0) is 18.5 Å². The minimum absolute atomic E-state index is 0.0199. The van der Waals surface area contributed by atoms with E-state index in [2.05, 4.69) is 25.7 Å². The topological polar surface area (TPSA) is 56.4 Å². The Morgan fingerprint density at radius 2 is 2.00 bits per heavy atom. The molecule has 25 heavy (non-hydrogen) atoms. The highest BCUT2D eigenvalue weighted by atomic mass is 28.3. The van der Waals surface area contributed by atoms with Gasteiger partial charge in [-0.25, -0.2) is 4.79 Å². The van der Waals surface area contributed by atoms with Gasteiger partial charge in [0.1, 0.15) is 6.73 Å². The van der Waals surface area contributed by atoms with E-state index in [0.717, 1.165) is 29.9 Å². The van der Waals surface area contributed by atoms with Gasteiger partial charge in [-0.1, -0.05) is 31.8 Å². The summed E-state index contributed by atoms with van der Waals surface area (Å²) in [5.41, 5.74) is 3.17. The first-order valence-electron chi connectivity index (χ1n) is 9.18. The Hall–Kier alpha value is -1.37. The normalized spacial score (nSPS) is 20.8. The van der Waals surface area contributed by atoms with E-state index >= 15 is 0 Å². The second kappa shape index (κ2) is 7.09. The lowest BCUT2D eigenvalue weighted by Gasteiger charge is -2.34. The van der Waals surface area contributed by atoms with Crippen molar-refractivity contribution in [3.05, 3.63) is 34.2 Å². The molecular weight excluding hydrogens is 332 g/mol. The molecule has 1 aromatic heterocycles. The van der Waals surface area contributed by atoms with Crippen molar-refractivity contribution in [1.29, 1.82) is 0 Å². The number of para-hydroxylation sites is 1. The summed E-state index contributed by atoms with van der Waals surface area (Å²) in [6, 6.07) is 7.26. The zero-order valence-electron chi connectivity index (χ0n) is 15.8. The summed E-state index contributed by atoms with van der Waals surface area (Å²) >= 11 is 0. The van der Waals surface area contributed by atoms with Gasteiger partial charge in [0.25, 0.3) is 0 Å². The fraction of sp³-hybridized carbons (Fsp3) is 0.632. The fourth-order valence-corrected chi connectivity index (χ4v) is 4.40. The zero-order valence-corrected chi connectivity index (χ0v) is 16.8. The average Bonchev–Trinajstić information content (AvgIpc) is 2.75. The highest BCUT2D eigenvalue weighted by Crippen LogP contribution is 2.43. The molecule has 0 saturated heterocycles. The van der Waals surface area contributed by atoms with Crippen LogP contribution in [0.3, 0.4) is 0 Å². The van der Waals surface area contributed by atoms with Gasteiger partial charge in [-0.05, 0) is 42.4 Å². The molecule has 0 spiro atoms. The van der Waals surface area contributed by atoms with Crippen LogP contribution in [-0.4, -0.2) is 35.5 Å². The first-order chi connectivity index (χ1) is 11.8. The fourth-order valence-electron chi connectivity index (χ4n) is 3.64. The number of hydrogen-bond acceptors (Lipinski definition) is 3. The SMILES string of the molecule is Cn1c(=O)n(COCC[Si](C)(C)C)c2cccc([C@H]3C[C@H](CO)C3)c21. The monoisotopic (exact) mass is 362 g/mol. The van der Waals surface area contributed by atoms with Crippen molar-refractivity contribution in [1.82, 2.24) is 9.13 Å². The van der Waals surface area contributed by atoms with E-state index in [1.54, 1.807) is 9.13 Å². The van der Waals surface area contributed by atoms with Gasteiger partial charge in [-0.3, -0.25) is 9.13 Å². The highest BCUT2D eigenvalue weighted by molar-refractivity contribution is 6.76. The van der Waals surface area contributed by atoms with Gasteiger partial charge in [0, 0.05) is 28.3 Å². The van der Waals surface area contributed by atoms with E-state index in [-0.39, 0.29) is 12.3 Å². The molecule has 2 aromatic rings. The summed E-state index contributed by atoms with van der Waals surface area (Å²) in [6.45, 7) is 8.26. The molecular formula is C19H30N2O3Si. The van der Waals surface area contributed by atoms with Crippen molar-refractivity contribution in [2.75, 3.05) is 13.2 Å². The van der Waals surface area contributed by atoms with E-state index in [1.165, 1.54) is 5.56 Å². The van der Waals surface area contributed by atoms with Crippen molar-refractivity contribution in [3.63, 3.8) is 0 Å². The molecule has 0 bridgehead atoms. The van der Waals surface area contributed by atoms with Gasteiger partial charge in [0.15, 0.2) is 0 Å². The number of nitrogens with zero attached hydrogens (tertiary/aromatic N) is 2. The van der Waals surface area contributed by atoms with Crippen LogP contribution >= 0.6 is 0 Å². The van der Waals surface area contributed by atoms with Crippen molar-refractivity contribution in [3.8, 4) is 0 Å². The number of rotatable bonds is 7. The number of aryl methyl sites for hydroxylation is 1. The minimum Gasteiger partial charge on any atom is -0.396 e. The van der Waals surface area contributed by atoms with Crippen LogP contribution in [0.5, 0.6) is 0 Å². The third-order valence-corrected chi connectivity index (χ3v) is 7.04. The lowest BCUT2D eigenvalue weighted by Crippen LogP contribution is -2.26. The van der Waals surface area contributed by atoms with Gasteiger partial charge >= 0.3 is 5.69 Å². The summed E-state index contributed by atoms with van der Waals surface area (Å²) < 4.78 is 9.31. The second-order valence-electron chi connectivity index (χ2n) is 8.55. The smallest absolute Gasteiger partial charge is 0.330 e. The Kier molecular flexibility index (Phi) is 5.23. The molecule has 0 amide bonds. The number of imidazole rings is 1. The maximum atomic E-state index is 12.7. The molecule has 5 nitrogen and oxygen atoms in total. The lowest BCUT2D eigenvalue weighted by atomic mass is 9.71. The number of benzene rings is 1. The summed E-state index contributed by atoms with van der Waals surface area (Å²) in [5, 5.41) is 9.27. The van der Waals surface area contributed by atoms with Gasteiger partial charge < -0.3 is 9.84 Å². The van der Waals surface area contributed by atoms with Gasteiger partial charge in [0.05, 0.1) is 11.0 Å². The molecule has 138 valence electrons. The molecule has 1 N–H and O–H groups in total. The molecule has 1 aliphatic carbocycles. The molecule has 0 aliphatic heterocycles. The van der Waals surface area contributed by atoms with Gasteiger partial charge in [0.2, 0.25) is 0 Å². The first kappa shape index (κ1) is 18.4. The Morgan fingerprint density at radius 1 is 1.28 bits per heavy atom. The third kappa shape index (κ3) is 3.76. The van der Waals surface area contributed by atoms with Crippen molar-refractivity contribution in [2.24, 2.45) is 13.0 Å². The molecule has 1 aliphatic rings. The van der Waals surface area contributed by atoms with Crippen LogP contribution in [0.2, 0.25) is 25.7 Å². The maximum absolute atomic E-state index is 12.7. The quantitative estimate of drug-likeness (QED) is 0.608. The zero-order chi connectivity index (χ0) is 18.2. The number of ether oxygens (including phenoxy) is 1. The van der Waals surface area contributed by atoms with E-state index < -0.39 is 8.07 Å². The van der Waals surface area contributed by atoms with Gasteiger partial charge in [-0.2, -0.15) is 0 Å². The number of aromatic nitrogens is 2. The molecule has 0 atom stereocenters. The highest BCUT2D eigenvalue weighted by Gasteiger charge is 2.31. The summed E-state index contributed by atoms with van der Waals surface area (Å²) in [6.07, 6.45) is 2.00. The summed E-state index contributed by atoms with van der Waals surface area (Å²) in [7, 11) is 0.715. The Morgan fingerprint density at radius 3 is 2.64 bits per heavy atom. The summed E-state index contributed by atoms with van der Waals surface area (Å²) in [5.74, 6) is 0.847. The third-order valence-electron chi connectivity index (χ3n) is 5.34. The van der Waals surface area contributed by atoms with Crippen molar-refractivity contribution >= 4 is 19.1 Å². The number of aliphatic hydroxyl groups excluding tert-OH is 1. The van der Waals surface area contributed by atoms with Crippen LogP contribution in [0, 0.1) is 5.92 Å². The van der Waals surface area contributed by atoms with Crippen LogP contribution in [0.15, 0.2) is 23.0 Å². The molecule has 0 unspecified atom stereocenters. The molecule has 1 aromatic carbocycles. The van der Waals surface area contributed by atoms with Crippen molar-refractivity contribution in [2.45, 2.75) is 51.2 Å². The van der Waals surface area contributed by atoms with E-state index in [9.17, 15) is 9.90 Å². The Bertz CT molecular complexity index is 797. The lowest BCUT2D eigenvalue weighted by molar-refractivity contribution is 0.0873. The maximum Gasteiger partial charge on any atom is 0.330 e. The van der Waals surface area contributed by atoms with Crippen molar-refractivity contribution < 1.29 is 9.84 Å². The molecule has 0 radical (unpaired) electrons. The first-order valence-corrected chi connectivity index (χ1v) is 12.9. The van der Waals surface area contributed by atoms with Crippen LogP contribution < -0.4 is 5.69 Å². The molecule has 1 fully saturated rings. The molecule has 6 heteroatoms. The van der Waals surface area contributed by atoms with Crippen LogP contribution in [0.25, 0.3) is 11.0 Å². The number of aliphatic hydroxyl groups is 1. The minimum atomic E-state index is -1.13. The molecule has 3 rings (SSSR count). The largest absolute Gasteiger partial charge is 0.396 e. The number of hydrogen-bond donors (Lipinski definition) is 1. The van der Waals surface area contributed by atoms with Gasteiger partial charge in [-0.15, -0.1) is 0 Å². The van der Waals surface area contributed by atoms with E-state index in [4.69, 9.17) is 4.74 Å². The van der Waals surface area contributed by atoms with E-state index in [1.807, 2.05) is 19.2 Å². The second-order valence-corrected chi connectivity index (χ2v) is 14.2. The standard InChI is InChI=1S/C19H30N2O3Si/c1-20-18-16(15-10-14(11-15)12-22)6-5-7-17(18)21(19(20)23)13-24-8-9-25(2,3)4/h5-7,14-15,22H,8-13H2,1-4H3/t14-,15-. The summed E-state index contributed by atoms with van der Waals surface area (Å²) in [4.78, 5) is 12.7. The van der Waals surface area contributed by atoms with Crippen LogP contribution in [0.4, 0.5) is 0 Å². The molecule has 1 heterocycles. The average molecular weight is 363 g/mol.